The number of aromatic nitrogens is 4. The normalized spacial score (nSPS) is 15.3. The molecule has 8 aromatic heterocycles. The molecule has 598 valence electrons. The Hall–Kier alpha value is -13.6. The van der Waals surface area contributed by atoms with Gasteiger partial charge in [0.2, 0.25) is 22.8 Å². The van der Waals surface area contributed by atoms with Crippen LogP contribution in [0.2, 0.25) is 0 Å². The van der Waals surface area contributed by atoms with Crippen LogP contribution in [0.15, 0.2) is 328 Å². The Kier molecular flexibility index (Phi) is 17.6. The van der Waals surface area contributed by atoms with Crippen molar-refractivity contribution in [2.45, 2.75) is 94.6 Å². The van der Waals surface area contributed by atoms with Crippen molar-refractivity contribution in [3.63, 3.8) is 0 Å². The molecular weight excluding hydrogens is 1480 g/mol. The zero-order chi connectivity index (χ0) is 96.8. The van der Waals surface area contributed by atoms with Crippen LogP contribution in [0.5, 0.6) is 0 Å². The highest BCUT2D eigenvalue weighted by atomic mass is 19.1. The maximum atomic E-state index is 14.7. The highest BCUT2D eigenvalue weighted by Crippen LogP contribution is 2.43. The molecule has 12 aromatic carbocycles. The summed E-state index contributed by atoms with van der Waals surface area (Å²) in [5.41, 5.74) is 29.2. The van der Waals surface area contributed by atoms with Crippen molar-refractivity contribution in [3.8, 4) is 89.5 Å². The second-order valence-electron chi connectivity index (χ2n) is 31.8. The highest BCUT2D eigenvalue weighted by molar-refractivity contribution is 6.13. The van der Waals surface area contributed by atoms with Crippen LogP contribution in [-0.2, 0) is 41.0 Å². The highest BCUT2D eigenvalue weighted by Gasteiger charge is 2.27. The molecular formula is C112H103FN4O4+4. The van der Waals surface area contributed by atoms with Gasteiger partial charge in [0.25, 0.3) is 0 Å². The summed E-state index contributed by atoms with van der Waals surface area (Å²) in [6, 6.07) is 92.6. The summed E-state index contributed by atoms with van der Waals surface area (Å²) in [6.45, 7) is 3.24. The second-order valence-corrected chi connectivity index (χ2v) is 31.8. The lowest BCUT2D eigenvalue weighted by Crippen LogP contribution is -2.31. The monoisotopic (exact) mass is 1600 g/mol. The lowest BCUT2D eigenvalue weighted by molar-refractivity contribution is -0.660. The van der Waals surface area contributed by atoms with Gasteiger partial charge in [-0.15, -0.1) is 0 Å². The first-order valence-electron chi connectivity index (χ1n) is 48.2. The van der Waals surface area contributed by atoms with Crippen molar-refractivity contribution in [1.82, 2.24) is 0 Å². The van der Waals surface area contributed by atoms with E-state index in [4.69, 9.17) is 38.2 Å². The molecule has 20 aromatic rings. The minimum atomic E-state index is -2.52. The zero-order valence-corrected chi connectivity index (χ0v) is 69.7. The van der Waals surface area contributed by atoms with Crippen molar-refractivity contribution in [3.05, 3.63) is 360 Å². The maximum Gasteiger partial charge on any atom is 0.216 e. The Morgan fingerprint density at radius 3 is 1.07 bits per heavy atom. The average Bonchev–Trinajstić information content (AvgIpc) is 1.62. The van der Waals surface area contributed by atoms with Gasteiger partial charge in [0.1, 0.15) is 78.7 Å². The Morgan fingerprint density at radius 2 is 0.669 bits per heavy atom. The smallest absolute Gasteiger partial charge is 0.216 e. The quantitative estimate of drug-likeness (QED) is 0.108. The van der Waals surface area contributed by atoms with Crippen LogP contribution in [0, 0.1) is 52.2 Å². The van der Waals surface area contributed by atoms with Crippen molar-refractivity contribution >= 4 is 87.8 Å². The number of hydrogen-bond donors (Lipinski definition) is 0. The molecule has 8 heterocycles. The number of benzene rings is 12. The summed E-state index contributed by atoms with van der Waals surface area (Å²) >= 11 is 0. The lowest BCUT2D eigenvalue weighted by Gasteiger charge is -2.11. The predicted octanol–water partition coefficient (Wildman–Crippen LogP) is 28.2. The molecule has 0 aliphatic heterocycles. The largest absolute Gasteiger partial charge is 0.455 e. The van der Waals surface area contributed by atoms with E-state index < -0.39 is 50.9 Å². The molecule has 0 amide bonds. The number of fused-ring (bicyclic) bond motifs is 12. The van der Waals surface area contributed by atoms with Gasteiger partial charge in [-0.25, -0.2) is 22.7 Å². The maximum absolute atomic E-state index is 14.7. The molecule has 0 spiro atoms. The van der Waals surface area contributed by atoms with Gasteiger partial charge in [-0.1, -0.05) is 247 Å². The van der Waals surface area contributed by atoms with Gasteiger partial charge < -0.3 is 17.7 Å². The van der Waals surface area contributed by atoms with Gasteiger partial charge in [-0.05, 0) is 185 Å². The fourth-order valence-corrected chi connectivity index (χ4v) is 16.7. The van der Waals surface area contributed by atoms with Crippen LogP contribution < -0.4 is 18.3 Å². The zero-order valence-electron chi connectivity index (χ0n) is 84.7. The molecule has 0 N–H and O–H groups in total. The molecule has 3 unspecified atom stereocenters. The molecule has 0 radical (unpaired) electrons. The third kappa shape index (κ3) is 16.0. The molecule has 0 saturated carbocycles. The number of pyridine rings is 4. The van der Waals surface area contributed by atoms with Crippen LogP contribution in [-0.4, -0.2) is 0 Å². The molecule has 0 fully saturated rings. The van der Waals surface area contributed by atoms with Gasteiger partial charge in [-0.3, -0.25) is 0 Å². The Labute approximate surface area is 729 Å². The summed E-state index contributed by atoms with van der Waals surface area (Å²) < 4.78 is 165. The van der Waals surface area contributed by atoms with Gasteiger partial charge in [0.05, 0.1) is 22.3 Å². The summed E-state index contributed by atoms with van der Waals surface area (Å²) in [4.78, 5) is 0. The molecule has 0 aliphatic rings. The van der Waals surface area contributed by atoms with E-state index in [1.165, 1.54) is 26.8 Å². The van der Waals surface area contributed by atoms with Crippen molar-refractivity contribution < 1.29 is 60.9 Å². The molecule has 0 bridgehead atoms. The van der Waals surface area contributed by atoms with Gasteiger partial charge in [0.15, 0.2) is 24.8 Å². The van der Waals surface area contributed by atoms with Gasteiger partial charge in [0, 0.05) is 112 Å². The van der Waals surface area contributed by atoms with Gasteiger partial charge in [-0.2, -0.15) is 0 Å². The molecule has 20 rings (SSSR count). The summed E-state index contributed by atoms with van der Waals surface area (Å²) in [5.74, 6) is -5.49. The minimum absolute atomic E-state index is 0.173. The first-order chi connectivity index (χ1) is 64.4. The Balaban J connectivity index is 0.000000126. The number of rotatable bonds is 13. The van der Waals surface area contributed by atoms with Crippen LogP contribution in [0.4, 0.5) is 4.39 Å². The number of nitrogens with zero attached hydrogens (tertiary/aromatic N) is 4. The third-order valence-electron chi connectivity index (χ3n) is 23.1. The van der Waals surface area contributed by atoms with E-state index in [2.05, 4.69) is 157 Å². The van der Waals surface area contributed by atoms with Crippen LogP contribution in [0.1, 0.15) is 112 Å². The van der Waals surface area contributed by atoms with E-state index in [-0.39, 0.29) is 18.4 Å². The number of aryl methyl sites for hydroxylation is 9. The lowest BCUT2D eigenvalue weighted by atomic mass is 9.95. The van der Waals surface area contributed by atoms with E-state index in [9.17, 15) is 4.39 Å². The van der Waals surface area contributed by atoms with Crippen molar-refractivity contribution in [1.29, 1.82) is 0 Å². The minimum Gasteiger partial charge on any atom is -0.455 e. The molecule has 121 heavy (non-hydrogen) atoms. The first-order valence-corrected chi connectivity index (χ1v) is 40.7. The molecule has 3 atom stereocenters. The molecule has 0 aliphatic carbocycles. The molecule has 9 heteroatoms. The topological polar surface area (TPSA) is 68.1 Å². The average molecular weight is 1600 g/mol. The fraction of sp³-hybridized carbons (Fsp3) is 0.179. The van der Waals surface area contributed by atoms with Crippen LogP contribution in [0.25, 0.3) is 177 Å². The van der Waals surface area contributed by atoms with E-state index >= 15 is 0 Å². The second kappa shape index (κ2) is 33.6. The number of halogens is 1. The first kappa shape index (κ1) is 63.5. The summed E-state index contributed by atoms with van der Waals surface area (Å²) in [7, 11) is 8.05. The molecule has 8 nitrogen and oxygen atoms in total. The van der Waals surface area contributed by atoms with E-state index in [0.29, 0.717) is 11.1 Å². The Morgan fingerprint density at radius 1 is 0.322 bits per heavy atom. The summed E-state index contributed by atoms with van der Waals surface area (Å²) in [6.07, 6.45) is 8.05. The molecule has 0 saturated heterocycles. The van der Waals surface area contributed by atoms with E-state index in [1.807, 2.05) is 185 Å². The van der Waals surface area contributed by atoms with Crippen LogP contribution >= 0.6 is 0 Å². The van der Waals surface area contributed by atoms with Crippen molar-refractivity contribution in [2.24, 2.45) is 40.0 Å². The number of furan rings is 4. The standard InChI is InChI=1S/C29H27FNO.C29H28NO.C28H26NO.C26H22NO/c1-18(2)15-22-16-20(10-12-25(22)30)21-13-14-31(4)26(17-21)28-19(3)9-11-24-23-7-5-6-8-27(23)32-29(24)28;1-19(2)17-21-10-12-22(13-11-21)23-15-16-30(4)26(18-23)28-20(3)9-14-25-24-7-5-6-8-27(24)31-29(25)28;1-18(2)20-10-12-21(13-11-20)22-15-16-29(4)25(17-22)27-19(3)9-14-24-23-7-5-6-8-26(23)30-28(24)27;1-17-8-11-19(12-9-17)20-13-15-23(27(3)16-20)25-18(2)10-14-22-21-6-4-5-7-24(21)28-26(22)25/h5-14,16-18H,15H2,1-4H3;5-16,18-19H,17H2,1-4H3;5-18H,1-4H3;4-16H,1-3H3/q4*+1/i1D3,18D;1D3,19D;1D3,18D;1D3. The van der Waals surface area contributed by atoms with Crippen molar-refractivity contribution in [2.75, 3.05) is 0 Å². The van der Waals surface area contributed by atoms with Crippen LogP contribution in [0.3, 0.4) is 0 Å². The number of para-hydroxylation sites is 4. The third-order valence-corrected chi connectivity index (χ3v) is 23.1. The van der Waals surface area contributed by atoms with E-state index in [0.717, 1.165) is 205 Å². The summed E-state index contributed by atoms with van der Waals surface area (Å²) in [5, 5.41) is 8.72. The predicted molar refractivity (Wildman–Crippen MR) is 498 cm³/mol. The van der Waals surface area contributed by atoms with E-state index in [1.54, 1.807) is 36.4 Å². The SMILES string of the molecule is [2H]C([2H])([2H])C([2H])(C)Cc1cc(-c2cc[n+](C)c(-c3c(C)ccc4c3oc3ccccc34)c2)ccc1F.[2H]C([2H])([2H])C([2H])(C)Cc1ccc(-c2cc[n+](C)c(-c3c(C)ccc4c3oc3ccccc34)c2)cc1.[2H]C([2H])([2H])C([2H])(C)c1ccc(-c2cc[n+](C)c(-c3c(C)ccc4c3oc3ccccc34)c2)cc1.[2H]C([2H])([2H])c1ccc(-c2ccc(-c3c(C)ccc4c3oc3ccccc34)[n+](C)c2)cc1. The van der Waals surface area contributed by atoms with Gasteiger partial charge >= 0.3 is 0 Å². The number of hydrogen-bond acceptors (Lipinski definition) is 4. The fourth-order valence-electron chi connectivity index (χ4n) is 16.7. The Bertz CT molecular complexity index is 8000.